The average Bonchev–Trinajstić information content (AvgIpc) is 3.04. The highest BCUT2D eigenvalue weighted by Crippen LogP contribution is 2.55. The van der Waals surface area contributed by atoms with Crippen LogP contribution in [-0.2, 0) is 0 Å². The van der Waals surface area contributed by atoms with Crippen LogP contribution < -0.4 is 0 Å². The molecule has 0 radical (unpaired) electrons. The van der Waals surface area contributed by atoms with Gasteiger partial charge in [0, 0.05) is 5.75 Å². The molecule has 1 nitrogen and oxygen atoms in total. The van der Waals surface area contributed by atoms with E-state index in [0.717, 1.165) is 30.8 Å². The Morgan fingerprint density at radius 2 is 2.00 bits per heavy atom. The van der Waals surface area contributed by atoms with Gasteiger partial charge in [0.1, 0.15) is 0 Å². The van der Waals surface area contributed by atoms with Crippen molar-refractivity contribution in [3.05, 3.63) is 47.1 Å². The first-order valence-electron chi connectivity index (χ1n) is 12.0. The Morgan fingerprint density at radius 1 is 1.24 bits per heavy atom. The van der Waals surface area contributed by atoms with Gasteiger partial charge in [0.05, 0.1) is 6.10 Å². The number of allylic oxidation sites excluding steroid dienone is 4. The summed E-state index contributed by atoms with van der Waals surface area (Å²) in [5.74, 6) is 4.00. The third kappa shape index (κ3) is 6.14. The zero-order valence-corrected chi connectivity index (χ0v) is 20.4. The van der Waals surface area contributed by atoms with Crippen LogP contribution in [0.25, 0.3) is 0 Å². The first-order chi connectivity index (χ1) is 13.9. The second-order valence-electron chi connectivity index (χ2n) is 9.39. The summed E-state index contributed by atoms with van der Waals surface area (Å²) < 4.78 is 0. The molecule has 3 unspecified atom stereocenters. The lowest BCUT2D eigenvalue weighted by Crippen LogP contribution is -2.31. The van der Waals surface area contributed by atoms with Crippen molar-refractivity contribution in [3.8, 4) is 0 Å². The predicted octanol–water partition coefficient (Wildman–Crippen LogP) is 7.88. The van der Waals surface area contributed by atoms with Gasteiger partial charge >= 0.3 is 0 Å². The Labute approximate surface area is 184 Å². The average molecular weight is 417 g/mol. The molecular weight excluding hydrogens is 372 g/mol. The molecule has 3 atom stereocenters. The van der Waals surface area contributed by atoms with Gasteiger partial charge in [-0.1, -0.05) is 70.6 Å². The van der Waals surface area contributed by atoms with Gasteiger partial charge in [-0.2, -0.15) is 11.8 Å². The fraction of sp³-hybridized carbons (Fsp3) is 0.704. The van der Waals surface area contributed by atoms with Crippen molar-refractivity contribution >= 4 is 11.8 Å². The summed E-state index contributed by atoms with van der Waals surface area (Å²) in [6, 6.07) is 0. The highest BCUT2D eigenvalue weighted by Gasteiger charge is 2.44. The van der Waals surface area contributed by atoms with Gasteiger partial charge in [-0.05, 0) is 85.5 Å². The fourth-order valence-corrected chi connectivity index (χ4v) is 6.51. The SMILES string of the molecule is C=C1/C(=C\C=C2/CCCC3(C)C(CSCCC(C)C)=CCC23)CCCC1O.CC. The van der Waals surface area contributed by atoms with E-state index in [2.05, 4.69) is 57.3 Å². The molecule has 0 aromatic carbocycles. The number of thioether (sulfide) groups is 1. The summed E-state index contributed by atoms with van der Waals surface area (Å²) >= 11 is 2.13. The summed E-state index contributed by atoms with van der Waals surface area (Å²) in [4.78, 5) is 0. The topological polar surface area (TPSA) is 20.2 Å². The van der Waals surface area contributed by atoms with Crippen LogP contribution in [0.3, 0.4) is 0 Å². The normalized spacial score (nSPS) is 32.2. The smallest absolute Gasteiger partial charge is 0.0787 e. The molecule has 0 aromatic rings. The van der Waals surface area contributed by atoms with E-state index in [1.54, 1.807) is 11.1 Å². The lowest BCUT2D eigenvalue weighted by atomic mass is 9.64. The minimum absolute atomic E-state index is 0.331. The maximum absolute atomic E-state index is 10.1. The van der Waals surface area contributed by atoms with E-state index in [0.29, 0.717) is 11.3 Å². The van der Waals surface area contributed by atoms with E-state index in [1.165, 1.54) is 49.2 Å². The molecule has 3 rings (SSSR count). The van der Waals surface area contributed by atoms with Crippen molar-refractivity contribution in [1.29, 1.82) is 0 Å². The van der Waals surface area contributed by atoms with Crippen LogP contribution in [0.2, 0.25) is 0 Å². The summed E-state index contributed by atoms with van der Waals surface area (Å²) in [6.07, 6.45) is 16.3. The Bertz CT molecular complexity index is 639. The minimum Gasteiger partial charge on any atom is -0.388 e. The van der Waals surface area contributed by atoms with Crippen molar-refractivity contribution < 1.29 is 5.11 Å². The van der Waals surface area contributed by atoms with Gasteiger partial charge in [0.2, 0.25) is 0 Å². The maximum Gasteiger partial charge on any atom is 0.0787 e. The second-order valence-corrected chi connectivity index (χ2v) is 10.5. The Morgan fingerprint density at radius 3 is 2.72 bits per heavy atom. The highest BCUT2D eigenvalue weighted by molar-refractivity contribution is 7.99. The van der Waals surface area contributed by atoms with Gasteiger partial charge in [0.15, 0.2) is 0 Å². The molecule has 3 aliphatic carbocycles. The molecule has 1 N–H and O–H groups in total. The molecule has 2 saturated carbocycles. The number of rotatable bonds is 6. The van der Waals surface area contributed by atoms with E-state index in [9.17, 15) is 5.11 Å². The second kappa shape index (κ2) is 11.6. The van der Waals surface area contributed by atoms with Gasteiger partial charge in [-0.3, -0.25) is 0 Å². The molecule has 0 saturated heterocycles. The molecule has 3 aliphatic rings. The van der Waals surface area contributed by atoms with Gasteiger partial charge in [-0.25, -0.2) is 0 Å². The zero-order valence-electron chi connectivity index (χ0n) is 19.6. The van der Waals surface area contributed by atoms with Crippen LogP contribution >= 0.6 is 11.8 Å². The molecule has 0 amide bonds. The highest BCUT2D eigenvalue weighted by atomic mass is 32.2. The minimum atomic E-state index is -0.331. The molecule has 0 aliphatic heterocycles. The fourth-order valence-electron chi connectivity index (χ4n) is 5.06. The summed E-state index contributed by atoms with van der Waals surface area (Å²) in [7, 11) is 0. The van der Waals surface area contributed by atoms with Crippen molar-refractivity contribution in [3.63, 3.8) is 0 Å². The van der Waals surface area contributed by atoms with E-state index >= 15 is 0 Å². The van der Waals surface area contributed by atoms with Crippen molar-refractivity contribution in [2.45, 2.75) is 92.1 Å². The Hall–Kier alpha value is -0.730. The zero-order chi connectivity index (χ0) is 21.4. The Balaban J connectivity index is 0.00000145. The van der Waals surface area contributed by atoms with E-state index in [1.807, 2.05) is 13.8 Å². The first kappa shape index (κ1) is 24.5. The number of aliphatic hydroxyl groups excluding tert-OH is 1. The van der Waals surface area contributed by atoms with Crippen LogP contribution in [0, 0.1) is 17.3 Å². The molecule has 29 heavy (non-hydrogen) atoms. The van der Waals surface area contributed by atoms with E-state index in [4.69, 9.17) is 0 Å². The molecule has 2 heteroatoms. The molecule has 0 spiro atoms. The lowest BCUT2D eigenvalue weighted by molar-refractivity contribution is 0.191. The molecular formula is C27H44OS. The third-order valence-corrected chi connectivity index (χ3v) is 8.09. The van der Waals surface area contributed by atoms with Crippen LogP contribution in [-0.4, -0.2) is 22.7 Å². The lowest BCUT2D eigenvalue weighted by Gasteiger charge is -2.41. The first-order valence-corrected chi connectivity index (χ1v) is 13.1. The number of aliphatic hydroxyl groups is 1. The van der Waals surface area contributed by atoms with Gasteiger partial charge < -0.3 is 5.11 Å². The quantitative estimate of drug-likeness (QED) is 0.351. The molecule has 164 valence electrons. The van der Waals surface area contributed by atoms with Crippen LogP contribution in [0.5, 0.6) is 0 Å². The van der Waals surface area contributed by atoms with Crippen LogP contribution in [0.1, 0.15) is 86.0 Å². The largest absolute Gasteiger partial charge is 0.388 e. The summed E-state index contributed by atoms with van der Waals surface area (Å²) in [6.45, 7) is 15.3. The maximum atomic E-state index is 10.1. The van der Waals surface area contributed by atoms with E-state index < -0.39 is 0 Å². The summed E-state index contributed by atoms with van der Waals surface area (Å²) in [5.41, 5.74) is 5.92. The molecule has 2 fully saturated rings. The number of hydrogen-bond acceptors (Lipinski definition) is 2. The predicted molar refractivity (Wildman–Crippen MR) is 131 cm³/mol. The van der Waals surface area contributed by atoms with Crippen molar-refractivity contribution in [2.75, 3.05) is 11.5 Å². The van der Waals surface area contributed by atoms with Crippen molar-refractivity contribution in [1.82, 2.24) is 0 Å². The summed E-state index contributed by atoms with van der Waals surface area (Å²) in [5, 5.41) is 10.1. The number of fused-ring (bicyclic) bond motifs is 1. The molecule has 0 bridgehead atoms. The van der Waals surface area contributed by atoms with Crippen LogP contribution in [0.15, 0.2) is 47.1 Å². The third-order valence-electron chi connectivity index (χ3n) is 7.05. The molecule has 0 heterocycles. The van der Waals surface area contributed by atoms with Crippen molar-refractivity contribution in [2.24, 2.45) is 17.3 Å². The Kier molecular flexibility index (Phi) is 9.82. The number of hydrogen-bond donors (Lipinski definition) is 1. The monoisotopic (exact) mass is 416 g/mol. The van der Waals surface area contributed by atoms with Crippen LogP contribution in [0.4, 0.5) is 0 Å². The van der Waals surface area contributed by atoms with Gasteiger partial charge in [-0.15, -0.1) is 0 Å². The molecule has 0 aromatic heterocycles. The van der Waals surface area contributed by atoms with E-state index in [-0.39, 0.29) is 6.10 Å². The standard InChI is InChI=1S/C25H38OS.C2H6/c1-18(2)14-16-27-17-22-12-13-23-21(8-6-15-25(22,23)4)11-10-20-7-5-9-24(26)19(20)3;1-2/h10-12,18,23-24,26H,3,5-9,13-17H2,1-2,4H3;1-2H3/b20-10-,21-11+;. The van der Waals surface area contributed by atoms with Gasteiger partial charge in [0.25, 0.3) is 0 Å².